The van der Waals surface area contributed by atoms with E-state index in [1.54, 1.807) is 6.07 Å². The molecule has 1 aromatic carbocycles. The number of nitrogen functional groups attached to an aromatic ring is 1. The molecule has 2 rings (SSSR count). The van der Waals surface area contributed by atoms with Crippen LogP contribution in [-0.2, 0) is 9.63 Å². The number of carboxylic acid groups (broad SMARTS) is 1. The third kappa shape index (κ3) is 3.93. The number of hydrogen-bond acceptors (Lipinski definition) is 7. The van der Waals surface area contributed by atoms with Crippen molar-refractivity contribution in [2.45, 2.75) is 9.92 Å². The highest BCUT2D eigenvalue weighted by Crippen LogP contribution is 2.26. The van der Waals surface area contributed by atoms with Crippen LogP contribution in [0.25, 0.3) is 0 Å². The zero-order valence-electron chi connectivity index (χ0n) is 11.1. The molecule has 0 unspecified atom stereocenters. The molecule has 0 aliphatic rings. The highest BCUT2D eigenvalue weighted by molar-refractivity contribution is 7.99. The number of nitrogens with zero attached hydrogens (tertiary/aromatic N) is 3. The highest BCUT2D eigenvalue weighted by Gasteiger charge is 2.18. The van der Waals surface area contributed by atoms with Crippen LogP contribution in [0.3, 0.4) is 0 Å². The minimum absolute atomic E-state index is 0.0946. The summed E-state index contributed by atoms with van der Waals surface area (Å²) in [5.41, 5.74) is 5.29. The summed E-state index contributed by atoms with van der Waals surface area (Å²) in [7, 11) is 1.24. The second-order valence-electron chi connectivity index (χ2n) is 3.80. The monoisotopic (exact) mass is 304 g/mol. The first-order valence-corrected chi connectivity index (χ1v) is 6.64. The van der Waals surface area contributed by atoms with Crippen molar-refractivity contribution in [1.29, 1.82) is 0 Å². The van der Waals surface area contributed by atoms with Crippen molar-refractivity contribution in [2.24, 2.45) is 5.16 Å². The van der Waals surface area contributed by atoms with E-state index in [2.05, 4.69) is 20.0 Å². The number of aliphatic carboxylic acids is 1. The topological polar surface area (TPSA) is 111 Å². The molecular weight excluding hydrogens is 292 g/mol. The molecule has 108 valence electrons. The predicted molar refractivity (Wildman–Crippen MR) is 78.2 cm³/mol. The lowest BCUT2D eigenvalue weighted by atomic mass is 10.3. The van der Waals surface area contributed by atoms with Crippen LogP contribution in [0.4, 0.5) is 5.82 Å². The van der Waals surface area contributed by atoms with Gasteiger partial charge >= 0.3 is 5.97 Å². The third-order valence-electron chi connectivity index (χ3n) is 2.29. The molecule has 21 heavy (non-hydrogen) atoms. The van der Waals surface area contributed by atoms with Gasteiger partial charge in [0.2, 0.25) is 5.71 Å². The first-order chi connectivity index (χ1) is 10.1. The molecule has 0 atom stereocenters. The molecule has 1 aromatic heterocycles. The second-order valence-corrected chi connectivity index (χ2v) is 4.89. The maximum Gasteiger partial charge on any atom is 0.361 e. The Morgan fingerprint density at radius 1 is 1.33 bits per heavy atom. The van der Waals surface area contributed by atoms with Crippen molar-refractivity contribution >= 4 is 29.3 Å². The molecule has 0 spiro atoms. The van der Waals surface area contributed by atoms with E-state index in [0.717, 1.165) is 4.90 Å². The lowest BCUT2D eigenvalue weighted by molar-refractivity contribution is -0.129. The number of benzene rings is 1. The summed E-state index contributed by atoms with van der Waals surface area (Å²) < 4.78 is 0. The van der Waals surface area contributed by atoms with Gasteiger partial charge < -0.3 is 15.7 Å². The quantitative estimate of drug-likeness (QED) is 0.490. The zero-order chi connectivity index (χ0) is 15.2. The Morgan fingerprint density at radius 2 is 2.05 bits per heavy atom. The van der Waals surface area contributed by atoms with Crippen molar-refractivity contribution < 1.29 is 14.7 Å². The molecule has 7 nitrogen and oxygen atoms in total. The number of carboxylic acids is 1. The number of aromatic nitrogens is 2. The van der Waals surface area contributed by atoms with Gasteiger partial charge in [0, 0.05) is 11.0 Å². The van der Waals surface area contributed by atoms with Gasteiger partial charge in [-0.1, -0.05) is 35.1 Å². The molecular formula is C13H12N4O3S. The van der Waals surface area contributed by atoms with E-state index in [9.17, 15) is 4.79 Å². The molecule has 1 heterocycles. The van der Waals surface area contributed by atoms with Gasteiger partial charge in [-0.3, -0.25) is 0 Å². The van der Waals surface area contributed by atoms with Gasteiger partial charge in [-0.25, -0.2) is 14.8 Å². The van der Waals surface area contributed by atoms with Gasteiger partial charge in [0.05, 0.1) is 0 Å². The summed E-state index contributed by atoms with van der Waals surface area (Å²) in [5.74, 6) is -1.23. The first kappa shape index (κ1) is 14.8. The molecule has 0 aliphatic heterocycles. The number of carbonyl (C=O) groups is 1. The van der Waals surface area contributed by atoms with Crippen LogP contribution in [0.2, 0.25) is 0 Å². The maximum absolute atomic E-state index is 11.1. The van der Waals surface area contributed by atoms with E-state index in [1.165, 1.54) is 18.9 Å². The van der Waals surface area contributed by atoms with Crippen LogP contribution >= 0.6 is 11.8 Å². The number of hydrogen-bond donors (Lipinski definition) is 2. The summed E-state index contributed by atoms with van der Waals surface area (Å²) in [6.45, 7) is 0. The Hall–Kier alpha value is -2.61. The van der Waals surface area contributed by atoms with E-state index in [-0.39, 0.29) is 11.6 Å². The molecule has 0 saturated heterocycles. The molecule has 2 aromatic rings. The Bertz CT molecular complexity index is 676. The molecule has 0 fully saturated rings. The molecule has 3 N–H and O–H groups in total. The fraction of sp³-hybridized carbons (Fsp3) is 0.0769. The van der Waals surface area contributed by atoms with Crippen molar-refractivity contribution in [2.75, 3.05) is 12.8 Å². The molecule has 0 aliphatic carbocycles. The fourth-order valence-electron chi connectivity index (χ4n) is 1.48. The standard InChI is InChI=1S/C13H12N4O3S/c1-20-17-11(13(18)19)12-15-9(14)7-10(16-12)21-8-5-3-2-4-6-8/h2-7H,1H3,(H,18,19)(H2,14,15,16)/b17-11-. The lowest BCUT2D eigenvalue weighted by Gasteiger charge is -2.05. The van der Waals surface area contributed by atoms with Crippen LogP contribution in [0, 0.1) is 0 Å². The van der Waals surface area contributed by atoms with Crippen molar-refractivity contribution in [1.82, 2.24) is 9.97 Å². The van der Waals surface area contributed by atoms with E-state index >= 15 is 0 Å². The smallest absolute Gasteiger partial charge is 0.361 e. The summed E-state index contributed by atoms with van der Waals surface area (Å²) in [4.78, 5) is 24.6. The Kier molecular flexibility index (Phi) is 4.72. The van der Waals surface area contributed by atoms with Crippen molar-refractivity contribution in [3.05, 3.63) is 42.2 Å². The van der Waals surface area contributed by atoms with Gasteiger partial charge in [-0.05, 0) is 12.1 Å². The highest BCUT2D eigenvalue weighted by atomic mass is 32.2. The largest absolute Gasteiger partial charge is 0.476 e. The Balaban J connectivity index is 2.37. The molecule has 8 heteroatoms. The predicted octanol–water partition coefficient (Wildman–Crippen LogP) is 1.65. The van der Waals surface area contributed by atoms with Crippen LogP contribution in [0.5, 0.6) is 0 Å². The maximum atomic E-state index is 11.1. The van der Waals surface area contributed by atoms with Gasteiger partial charge in [-0.2, -0.15) is 0 Å². The van der Waals surface area contributed by atoms with E-state index in [0.29, 0.717) is 5.03 Å². The molecule has 0 saturated carbocycles. The normalized spacial score (nSPS) is 11.2. The van der Waals surface area contributed by atoms with E-state index in [4.69, 9.17) is 10.8 Å². The van der Waals surface area contributed by atoms with Gasteiger partial charge in [0.25, 0.3) is 0 Å². The third-order valence-corrected chi connectivity index (χ3v) is 3.21. The average Bonchev–Trinajstić information content (AvgIpc) is 2.44. The number of oxime groups is 1. The van der Waals surface area contributed by atoms with Gasteiger partial charge in [0.1, 0.15) is 18.0 Å². The second kappa shape index (κ2) is 6.71. The number of nitrogens with two attached hydrogens (primary N) is 1. The minimum Gasteiger partial charge on any atom is -0.476 e. The minimum atomic E-state index is -1.29. The van der Waals surface area contributed by atoms with Gasteiger partial charge in [-0.15, -0.1) is 0 Å². The number of rotatable bonds is 5. The van der Waals surface area contributed by atoms with E-state index in [1.807, 2.05) is 30.3 Å². The summed E-state index contributed by atoms with van der Waals surface area (Å²) in [5, 5.41) is 13.0. The first-order valence-electron chi connectivity index (χ1n) is 5.82. The lowest BCUT2D eigenvalue weighted by Crippen LogP contribution is -2.19. The SMILES string of the molecule is CO/N=C(\C(=O)O)c1nc(N)cc(Sc2ccccc2)n1. The number of anilines is 1. The fourth-order valence-corrected chi connectivity index (χ4v) is 2.32. The van der Waals surface area contributed by atoms with Crippen LogP contribution in [0.15, 0.2) is 51.5 Å². The molecule has 0 bridgehead atoms. The molecule has 0 radical (unpaired) electrons. The van der Waals surface area contributed by atoms with Crippen LogP contribution in [-0.4, -0.2) is 33.9 Å². The Labute approximate surface area is 124 Å². The van der Waals surface area contributed by atoms with E-state index < -0.39 is 11.7 Å². The Morgan fingerprint density at radius 3 is 2.67 bits per heavy atom. The van der Waals surface area contributed by atoms with Crippen molar-refractivity contribution in [3.63, 3.8) is 0 Å². The average molecular weight is 304 g/mol. The summed E-state index contributed by atoms with van der Waals surface area (Å²) >= 11 is 1.34. The van der Waals surface area contributed by atoms with Crippen LogP contribution in [0.1, 0.15) is 5.82 Å². The zero-order valence-corrected chi connectivity index (χ0v) is 11.9. The summed E-state index contributed by atoms with van der Waals surface area (Å²) in [6.07, 6.45) is 0. The van der Waals surface area contributed by atoms with Gasteiger partial charge in [0.15, 0.2) is 5.82 Å². The summed E-state index contributed by atoms with van der Waals surface area (Å²) in [6, 6.07) is 11.1. The van der Waals surface area contributed by atoms with Crippen LogP contribution < -0.4 is 5.73 Å². The van der Waals surface area contributed by atoms with Crippen molar-refractivity contribution in [3.8, 4) is 0 Å². The molecule has 0 amide bonds.